The number of hydrogen-bond donors (Lipinski definition) is 0. The van der Waals surface area contributed by atoms with Gasteiger partial charge in [-0.15, -0.1) is 0 Å². The number of nitrogens with zero attached hydrogens (tertiary/aromatic N) is 3. The van der Waals surface area contributed by atoms with Gasteiger partial charge in [-0.05, 0) is 18.7 Å². The number of pyridine rings is 1. The summed E-state index contributed by atoms with van der Waals surface area (Å²) in [4.78, 5) is 8.90. The lowest BCUT2D eigenvalue weighted by atomic mass is 10.0. The second-order valence-electron chi connectivity index (χ2n) is 3.71. The Bertz CT molecular complexity index is 308. The number of likely N-dealkylation sites (N-methyl/N-ethyl adjacent to an activating group) is 1. The van der Waals surface area contributed by atoms with Gasteiger partial charge in [0.25, 0.3) is 0 Å². The number of aromatic nitrogens is 1. The molecule has 0 spiro atoms. The van der Waals surface area contributed by atoms with Gasteiger partial charge in [0, 0.05) is 26.2 Å². The van der Waals surface area contributed by atoms with Gasteiger partial charge in [0.2, 0.25) is 0 Å². The van der Waals surface area contributed by atoms with Crippen molar-refractivity contribution in [2.45, 2.75) is 0 Å². The van der Waals surface area contributed by atoms with Crippen molar-refractivity contribution in [3.05, 3.63) is 18.2 Å². The Hall–Kier alpha value is -1.03. The number of anilines is 1. The van der Waals surface area contributed by atoms with Gasteiger partial charge in [0.15, 0.2) is 0 Å². The lowest BCUT2D eigenvalue weighted by Crippen LogP contribution is -2.45. The van der Waals surface area contributed by atoms with Crippen molar-refractivity contribution in [2.75, 3.05) is 38.1 Å². The Balaban J connectivity index is 2.08. The first kappa shape index (κ1) is 9.53. The lowest BCUT2D eigenvalue weighted by molar-refractivity contribution is 0.312. The summed E-state index contributed by atoms with van der Waals surface area (Å²) in [6.45, 7) is 4.26. The molecule has 1 aromatic rings. The molecule has 72 valence electrons. The van der Waals surface area contributed by atoms with Crippen LogP contribution in [0, 0.1) is 0 Å². The Morgan fingerprint density at radius 2 is 1.93 bits per heavy atom. The summed E-state index contributed by atoms with van der Waals surface area (Å²) in [6, 6.07) is 5.79. The molecule has 1 fully saturated rings. The van der Waals surface area contributed by atoms with Crippen LogP contribution in [-0.2, 0) is 0 Å². The Labute approximate surface area is 86.1 Å². The average Bonchev–Trinajstić information content (AvgIpc) is 2.19. The van der Waals surface area contributed by atoms with E-state index >= 15 is 0 Å². The Morgan fingerprint density at radius 3 is 2.57 bits per heavy atom. The molecule has 0 atom stereocenters. The molecule has 2 rings (SSSR count). The summed E-state index contributed by atoms with van der Waals surface area (Å²) in [5.74, 6) is 0.998. The first-order chi connectivity index (χ1) is 6.75. The first-order valence-corrected chi connectivity index (χ1v) is 4.92. The van der Waals surface area contributed by atoms with E-state index in [0.29, 0.717) is 5.59 Å². The quantitative estimate of drug-likeness (QED) is 0.559. The van der Waals surface area contributed by atoms with E-state index in [4.69, 9.17) is 7.85 Å². The highest BCUT2D eigenvalue weighted by Crippen LogP contribution is 2.10. The molecule has 4 heteroatoms. The number of hydrogen-bond acceptors (Lipinski definition) is 3. The Kier molecular flexibility index (Phi) is 2.73. The molecule has 0 saturated carbocycles. The van der Waals surface area contributed by atoms with Crippen LogP contribution in [-0.4, -0.2) is 51.0 Å². The van der Waals surface area contributed by atoms with Crippen LogP contribution >= 0.6 is 0 Å². The molecule has 0 unspecified atom stereocenters. The molecule has 0 aliphatic carbocycles. The van der Waals surface area contributed by atoms with Gasteiger partial charge in [-0.3, -0.25) is 0 Å². The molecule has 1 aromatic heterocycles. The van der Waals surface area contributed by atoms with Crippen LogP contribution in [0.25, 0.3) is 0 Å². The fourth-order valence-corrected chi connectivity index (χ4v) is 1.65. The van der Waals surface area contributed by atoms with Gasteiger partial charge in [-0.2, -0.15) is 0 Å². The van der Waals surface area contributed by atoms with Crippen molar-refractivity contribution < 1.29 is 0 Å². The molecule has 1 aliphatic heterocycles. The van der Waals surface area contributed by atoms with Crippen LogP contribution in [0.5, 0.6) is 0 Å². The van der Waals surface area contributed by atoms with Crippen molar-refractivity contribution in [2.24, 2.45) is 0 Å². The number of piperazine rings is 1. The van der Waals surface area contributed by atoms with Crippen molar-refractivity contribution in [1.82, 2.24) is 9.88 Å². The second-order valence-corrected chi connectivity index (χ2v) is 3.71. The minimum Gasteiger partial charge on any atom is -0.354 e. The molecule has 1 saturated heterocycles. The first-order valence-electron chi connectivity index (χ1n) is 4.92. The normalized spacial score (nSPS) is 18.5. The predicted molar refractivity (Wildman–Crippen MR) is 59.3 cm³/mol. The van der Waals surface area contributed by atoms with E-state index in [9.17, 15) is 0 Å². The molecule has 2 radical (unpaired) electrons. The molecule has 0 aromatic carbocycles. The highest BCUT2D eigenvalue weighted by atomic mass is 15.3. The standard InChI is InChI=1S/C10H14BN3/c1-13-5-7-14(8-6-13)10-4-2-3-9(11)12-10/h2-4H,5-8H2,1H3. The summed E-state index contributed by atoms with van der Waals surface area (Å²) < 4.78 is 0. The molecule has 0 bridgehead atoms. The van der Waals surface area contributed by atoms with Gasteiger partial charge in [0.1, 0.15) is 13.7 Å². The lowest BCUT2D eigenvalue weighted by Gasteiger charge is -2.33. The van der Waals surface area contributed by atoms with Crippen molar-refractivity contribution in [3.63, 3.8) is 0 Å². The van der Waals surface area contributed by atoms with Crippen LogP contribution in [0.15, 0.2) is 18.2 Å². The third-order valence-electron chi connectivity index (χ3n) is 2.58. The van der Waals surface area contributed by atoms with Crippen molar-refractivity contribution in [3.8, 4) is 0 Å². The molecular weight excluding hydrogens is 173 g/mol. The van der Waals surface area contributed by atoms with E-state index < -0.39 is 0 Å². The molecule has 14 heavy (non-hydrogen) atoms. The molecule has 0 amide bonds. The summed E-state index contributed by atoms with van der Waals surface area (Å²) in [7, 11) is 7.79. The van der Waals surface area contributed by atoms with Crippen LogP contribution in [0.2, 0.25) is 0 Å². The Morgan fingerprint density at radius 1 is 1.21 bits per heavy atom. The third kappa shape index (κ3) is 2.07. The zero-order chi connectivity index (χ0) is 9.97. The SMILES string of the molecule is [B]c1cccc(N2CCN(C)CC2)n1. The number of rotatable bonds is 1. The summed E-state index contributed by atoms with van der Waals surface area (Å²) in [5, 5.41) is 0. The van der Waals surface area contributed by atoms with Gasteiger partial charge in [0.05, 0.1) is 0 Å². The largest absolute Gasteiger partial charge is 0.354 e. The van der Waals surface area contributed by atoms with E-state index in [-0.39, 0.29) is 0 Å². The van der Waals surface area contributed by atoms with Crippen molar-refractivity contribution >= 4 is 19.3 Å². The molecule has 2 heterocycles. The van der Waals surface area contributed by atoms with Gasteiger partial charge >= 0.3 is 0 Å². The third-order valence-corrected chi connectivity index (χ3v) is 2.58. The topological polar surface area (TPSA) is 19.4 Å². The maximum Gasteiger partial charge on any atom is 0.141 e. The average molecular weight is 187 g/mol. The van der Waals surface area contributed by atoms with Crippen LogP contribution in [0.3, 0.4) is 0 Å². The maximum absolute atomic E-state index is 5.64. The molecular formula is C10H14BN3. The van der Waals surface area contributed by atoms with E-state index in [1.807, 2.05) is 18.2 Å². The zero-order valence-electron chi connectivity index (χ0n) is 8.48. The molecule has 0 N–H and O–H groups in total. The van der Waals surface area contributed by atoms with Gasteiger partial charge < -0.3 is 9.80 Å². The van der Waals surface area contributed by atoms with E-state index in [0.717, 1.165) is 32.0 Å². The fraction of sp³-hybridized carbons (Fsp3) is 0.500. The van der Waals surface area contributed by atoms with Crippen LogP contribution in [0.1, 0.15) is 0 Å². The predicted octanol–water partition coefficient (Wildman–Crippen LogP) is -0.373. The highest BCUT2D eigenvalue weighted by molar-refractivity contribution is 6.30. The van der Waals surface area contributed by atoms with E-state index in [2.05, 4.69) is 21.8 Å². The minimum atomic E-state index is 0.599. The second kappa shape index (κ2) is 4.01. The molecule has 3 nitrogen and oxygen atoms in total. The monoisotopic (exact) mass is 187 g/mol. The van der Waals surface area contributed by atoms with Crippen LogP contribution in [0.4, 0.5) is 5.82 Å². The summed E-state index contributed by atoms with van der Waals surface area (Å²) >= 11 is 0. The van der Waals surface area contributed by atoms with E-state index in [1.165, 1.54) is 0 Å². The minimum absolute atomic E-state index is 0.599. The zero-order valence-corrected chi connectivity index (χ0v) is 8.48. The highest BCUT2D eigenvalue weighted by Gasteiger charge is 2.14. The maximum atomic E-state index is 5.64. The van der Waals surface area contributed by atoms with Crippen LogP contribution < -0.4 is 10.5 Å². The van der Waals surface area contributed by atoms with Crippen molar-refractivity contribution in [1.29, 1.82) is 0 Å². The smallest absolute Gasteiger partial charge is 0.141 e. The van der Waals surface area contributed by atoms with Gasteiger partial charge in [-0.25, -0.2) is 4.98 Å². The summed E-state index contributed by atoms with van der Waals surface area (Å²) in [6.07, 6.45) is 0. The fourth-order valence-electron chi connectivity index (χ4n) is 1.65. The summed E-state index contributed by atoms with van der Waals surface area (Å²) in [5.41, 5.74) is 0.599. The van der Waals surface area contributed by atoms with Gasteiger partial charge in [-0.1, -0.05) is 12.1 Å². The van der Waals surface area contributed by atoms with E-state index in [1.54, 1.807) is 0 Å². The molecule has 1 aliphatic rings.